The average molecular weight is 192 g/mol. The van der Waals surface area contributed by atoms with Gasteiger partial charge >= 0.3 is 0 Å². The van der Waals surface area contributed by atoms with Crippen LogP contribution in [0, 0.1) is 0 Å². The maximum atomic E-state index is 11.3. The van der Waals surface area contributed by atoms with Crippen molar-refractivity contribution in [3.63, 3.8) is 0 Å². The second-order valence-electron chi connectivity index (χ2n) is 4.44. The lowest BCUT2D eigenvalue weighted by atomic mass is 10.6. The van der Waals surface area contributed by atoms with Gasteiger partial charge in [-0.05, 0) is 6.04 Å². The molecule has 0 aromatic rings. The van der Waals surface area contributed by atoms with Crippen LogP contribution in [0.2, 0.25) is 25.7 Å². The van der Waals surface area contributed by atoms with E-state index in [1.807, 2.05) is 13.8 Å². The molecule has 0 rings (SSSR count). The first-order valence-electron chi connectivity index (χ1n) is 4.20. The van der Waals surface area contributed by atoms with Crippen molar-refractivity contribution in [3.8, 4) is 0 Å². The number of rotatable bonds is 4. The van der Waals surface area contributed by atoms with Crippen LogP contribution in [0.15, 0.2) is 0 Å². The van der Waals surface area contributed by atoms with E-state index in [1.165, 1.54) is 6.04 Å². The molecule has 0 amide bonds. The highest BCUT2D eigenvalue weighted by Gasteiger charge is 2.15. The highest BCUT2D eigenvalue weighted by Crippen LogP contribution is 2.10. The third-order valence-corrected chi connectivity index (χ3v) is 5.35. The van der Waals surface area contributed by atoms with Gasteiger partial charge in [0, 0.05) is 29.9 Å². The first-order chi connectivity index (χ1) is 4.83. The van der Waals surface area contributed by atoms with E-state index >= 15 is 0 Å². The maximum absolute atomic E-state index is 11.3. The maximum Gasteiger partial charge on any atom is 0.0451 e. The summed E-state index contributed by atoms with van der Waals surface area (Å²) in [7, 11) is -1.54. The summed E-state index contributed by atoms with van der Waals surface area (Å²) in [5.41, 5.74) is 0. The van der Waals surface area contributed by atoms with Crippen molar-refractivity contribution in [1.82, 2.24) is 0 Å². The van der Waals surface area contributed by atoms with Crippen molar-refractivity contribution >= 4 is 18.9 Å². The Morgan fingerprint density at radius 3 is 2.00 bits per heavy atom. The molecule has 0 spiro atoms. The lowest BCUT2D eigenvalue weighted by Gasteiger charge is -2.15. The summed E-state index contributed by atoms with van der Waals surface area (Å²) in [6.45, 7) is 11.0. The van der Waals surface area contributed by atoms with Gasteiger partial charge in [-0.15, -0.1) is 0 Å². The molecular weight excluding hydrogens is 172 g/mol. The Kier molecular flexibility index (Phi) is 4.55. The third kappa shape index (κ3) is 6.75. The van der Waals surface area contributed by atoms with Gasteiger partial charge in [0.05, 0.1) is 0 Å². The summed E-state index contributed by atoms with van der Waals surface area (Å²) < 4.78 is 11.3. The van der Waals surface area contributed by atoms with Gasteiger partial charge in [0.25, 0.3) is 0 Å². The fourth-order valence-corrected chi connectivity index (χ4v) is 4.37. The fraction of sp³-hybridized carbons (Fsp3) is 1.00. The summed E-state index contributed by atoms with van der Waals surface area (Å²) >= 11 is 0. The molecule has 0 fully saturated rings. The summed E-state index contributed by atoms with van der Waals surface area (Å²) in [5, 5.41) is 0.339. The van der Waals surface area contributed by atoms with E-state index in [9.17, 15) is 4.21 Å². The molecule has 0 unspecified atom stereocenters. The molecule has 0 bridgehead atoms. The molecule has 11 heavy (non-hydrogen) atoms. The molecule has 1 nitrogen and oxygen atoms in total. The number of hydrogen-bond donors (Lipinski definition) is 0. The molecule has 0 aromatic carbocycles. The minimum absolute atomic E-state index is 0.339. The standard InChI is InChI=1S/C8H20OSSi/c1-8(2)10(9)6-7-11(3,4)5/h8H,6-7H2,1-5H3/t10-/m0/s1. The molecule has 0 aromatic heterocycles. The average Bonchev–Trinajstić information content (AvgIpc) is 1.80. The Balaban J connectivity index is 3.64. The predicted octanol–water partition coefficient (Wildman–Crippen LogP) is 2.48. The number of hydrogen-bond acceptors (Lipinski definition) is 1. The van der Waals surface area contributed by atoms with Crippen LogP contribution in [-0.4, -0.2) is 23.3 Å². The largest absolute Gasteiger partial charge is 0.259 e. The van der Waals surface area contributed by atoms with Gasteiger partial charge < -0.3 is 0 Å². The van der Waals surface area contributed by atoms with Crippen LogP contribution >= 0.6 is 0 Å². The second-order valence-corrected chi connectivity index (χ2v) is 12.2. The van der Waals surface area contributed by atoms with Gasteiger partial charge in [-0.2, -0.15) is 0 Å². The zero-order valence-corrected chi connectivity index (χ0v) is 10.1. The molecule has 0 N–H and O–H groups in total. The van der Waals surface area contributed by atoms with E-state index < -0.39 is 18.9 Å². The Morgan fingerprint density at radius 1 is 1.27 bits per heavy atom. The van der Waals surface area contributed by atoms with Crippen molar-refractivity contribution < 1.29 is 4.21 Å². The fourth-order valence-electron chi connectivity index (χ4n) is 0.642. The Labute approximate surface area is 74.0 Å². The monoisotopic (exact) mass is 192 g/mol. The topological polar surface area (TPSA) is 17.1 Å². The van der Waals surface area contributed by atoms with Crippen molar-refractivity contribution in [3.05, 3.63) is 0 Å². The molecule has 0 aliphatic rings. The summed E-state index contributed by atoms with van der Waals surface area (Å²) in [4.78, 5) is 0. The van der Waals surface area contributed by atoms with Gasteiger partial charge in [0.15, 0.2) is 0 Å². The summed E-state index contributed by atoms with van der Waals surface area (Å²) in [6, 6.07) is 1.19. The van der Waals surface area contributed by atoms with Crippen LogP contribution in [0.1, 0.15) is 13.8 Å². The molecule has 0 saturated carbocycles. The Bertz CT molecular complexity index is 138. The SMILES string of the molecule is CC(C)[S@@](=O)CC[Si](C)(C)C. The highest BCUT2D eigenvalue weighted by atomic mass is 32.2. The van der Waals surface area contributed by atoms with E-state index in [-0.39, 0.29) is 0 Å². The smallest absolute Gasteiger partial charge is 0.0451 e. The van der Waals surface area contributed by atoms with Crippen LogP contribution in [0.4, 0.5) is 0 Å². The van der Waals surface area contributed by atoms with Gasteiger partial charge in [-0.25, -0.2) is 0 Å². The van der Waals surface area contributed by atoms with Gasteiger partial charge in [0.1, 0.15) is 0 Å². The van der Waals surface area contributed by atoms with E-state index in [4.69, 9.17) is 0 Å². The van der Waals surface area contributed by atoms with Crippen molar-refractivity contribution in [2.75, 3.05) is 5.75 Å². The van der Waals surface area contributed by atoms with Crippen molar-refractivity contribution in [1.29, 1.82) is 0 Å². The summed E-state index contributed by atoms with van der Waals surface area (Å²) in [5.74, 6) is 0.910. The minimum Gasteiger partial charge on any atom is -0.259 e. The predicted molar refractivity (Wildman–Crippen MR) is 56.3 cm³/mol. The van der Waals surface area contributed by atoms with E-state index in [1.54, 1.807) is 0 Å². The highest BCUT2D eigenvalue weighted by molar-refractivity contribution is 7.85. The molecule has 68 valence electrons. The molecule has 0 radical (unpaired) electrons. The lowest BCUT2D eigenvalue weighted by Crippen LogP contribution is -2.24. The van der Waals surface area contributed by atoms with Crippen molar-refractivity contribution in [2.24, 2.45) is 0 Å². The van der Waals surface area contributed by atoms with E-state index in [0.717, 1.165) is 5.75 Å². The van der Waals surface area contributed by atoms with Gasteiger partial charge in [-0.3, -0.25) is 4.21 Å². The molecular formula is C8H20OSSi. The lowest BCUT2D eigenvalue weighted by molar-refractivity contribution is 0.677. The van der Waals surface area contributed by atoms with E-state index in [2.05, 4.69) is 19.6 Å². The molecule has 1 atom stereocenters. The van der Waals surface area contributed by atoms with Crippen LogP contribution in [0.25, 0.3) is 0 Å². The van der Waals surface area contributed by atoms with E-state index in [0.29, 0.717) is 5.25 Å². The molecule has 3 heteroatoms. The van der Waals surface area contributed by atoms with Crippen LogP contribution in [0.5, 0.6) is 0 Å². The Morgan fingerprint density at radius 2 is 1.73 bits per heavy atom. The molecule has 0 aliphatic heterocycles. The first kappa shape index (κ1) is 11.4. The van der Waals surface area contributed by atoms with Crippen molar-refractivity contribution in [2.45, 2.75) is 44.8 Å². The van der Waals surface area contributed by atoms with Gasteiger partial charge in [0.2, 0.25) is 0 Å². The summed E-state index contributed by atoms with van der Waals surface area (Å²) in [6.07, 6.45) is 0. The molecule has 0 aliphatic carbocycles. The van der Waals surface area contributed by atoms with Crippen LogP contribution in [-0.2, 0) is 10.8 Å². The zero-order chi connectivity index (χ0) is 9.07. The molecule has 0 heterocycles. The zero-order valence-electron chi connectivity index (χ0n) is 8.31. The minimum atomic E-state index is -0.959. The quantitative estimate of drug-likeness (QED) is 0.626. The Hall–Kier alpha value is 0.367. The molecule has 0 saturated heterocycles. The first-order valence-corrected chi connectivity index (χ1v) is 9.29. The normalized spacial score (nSPS) is 15.5. The third-order valence-electron chi connectivity index (χ3n) is 1.58. The van der Waals surface area contributed by atoms with Gasteiger partial charge in [-0.1, -0.05) is 33.5 Å². The van der Waals surface area contributed by atoms with Crippen LogP contribution in [0.3, 0.4) is 0 Å². The van der Waals surface area contributed by atoms with Crippen LogP contribution < -0.4 is 0 Å². The second kappa shape index (κ2) is 4.41.